The third-order valence-corrected chi connectivity index (χ3v) is 3.27. The highest BCUT2D eigenvalue weighted by Gasteiger charge is 2.10. The molecular formula is C15H13N3O2. The topological polar surface area (TPSA) is 71.8 Å². The Kier molecular flexibility index (Phi) is 2.75. The quantitative estimate of drug-likeness (QED) is 0.567. The number of rotatable bonds is 2. The van der Waals surface area contributed by atoms with Gasteiger partial charge in [-0.3, -0.25) is 10.1 Å². The Morgan fingerprint density at radius 2 is 1.85 bits per heavy atom. The number of hydrogen-bond donors (Lipinski definition) is 1. The van der Waals surface area contributed by atoms with Gasteiger partial charge in [-0.15, -0.1) is 0 Å². The molecule has 20 heavy (non-hydrogen) atoms. The van der Waals surface area contributed by atoms with E-state index in [0.29, 0.717) is 0 Å². The molecule has 100 valence electrons. The van der Waals surface area contributed by atoms with Crippen molar-refractivity contribution in [2.24, 2.45) is 0 Å². The van der Waals surface area contributed by atoms with Gasteiger partial charge in [0.15, 0.2) is 0 Å². The summed E-state index contributed by atoms with van der Waals surface area (Å²) in [7, 11) is 0. The van der Waals surface area contributed by atoms with Crippen LogP contribution >= 0.6 is 0 Å². The van der Waals surface area contributed by atoms with Crippen molar-refractivity contribution < 1.29 is 4.92 Å². The van der Waals surface area contributed by atoms with E-state index in [0.717, 1.165) is 28.0 Å². The number of aromatic amines is 1. The number of nitro groups is 1. The van der Waals surface area contributed by atoms with E-state index in [1.165, 1.54) is 17.7 Å². The molecule has 5 nitrogen and oxygen atoms in total. The van der Waals surface area contributed by atoms with Crippen molar-refractivity contribution in [3.63, 3.8) is 0 Å². The average molecular weight is 267 g/mol. The Labute approximate surface area is 115 Å². The van der Waals surface area contributed by atoms with Crippen LogP contribution in [0.3, 0.4) is 0 Å². The monoisotopic (exact) mass is 267 g/mol. The molecule has 5 heteroatoms. The summed E-state index contributed by atoms with van der Waals surface area (Å²) in [6, 6.07) is 10.5. The van der Waals surface area contributed by atoms with Crippen molar-refractivity contribution in [2.75, 3.05) is 0 Å². The van der Waals surface area contributed by atoms with Gasteiger partial charge in [-0.1, -0.05) is 6.07 Å². The molecule has 0 radical (unpaired) electrons. The summed E-state index contributed by atoms with van der Waals surface area (Å²) >= 11 is 0. The fraction of sp³-hybridized carbons (Fsp3) is 0.133. The van der Waals surface area contributed by atoms with Crippen LogP contribution in [-0.4, -0.2) is 14.9 Å². The van der Waals surface area contributed by atoms with Crippen molar-refractivity contribution in [1.29, 1.82) is 0 Å². The van der Waals surface area contributed by atoms with E-state index in [2.05, 4.69) is 16.0 Å². The van der Waals surface area contributed by atoms with Crippen molar-refractivity contribution in [3.8, 4) is 11.4 Å². The molecule has 0 bridgehead atoms. The summed E-state index contributed by atoms with van der Waals surface area (Å²) in [6.07, 6.45) is 0. The largest absolute Gasteiger partial charge is 0.338 e. The molecule has 0 spiro atoms. The fourth-order valence-electron chi connectivity index (χ4n) is 2.35. The van der Waals surface area contributed by atoms with Gasteiger partial charge in [-0.25, -0.2) is 4.98 Å². The predicted molar refractivity (Wildman–Crippen MR) is 77.7 cm³/mol. The van der Waals surface area contributed by atoms with E-state index < -0.39 is 4.92 Å². The van der Waals surface area contributed by atoms with Crippen molar-refractivity contribution >= 4 is 16.7 Å². The van der Waals surface area contributed by atoms with E-state index >= 15 is 0 Å². The van der Waals surface area contributed by atoms with Gasteiger partial charge in [-0.05, 0) is 43.2 Å². The van der Waals surface area contributed by atoms with Crippen LogP contribution in [0.2, 0.25) is 0 Å². The summed E-state index contributed by atoms with van der Waals surface area (Å²) < 4.78 is 0. The molecule has 3 rings (SSSR count). The summed E-state index contributed by atoms with van der Waals surface area (Å²) in [6.45, 7) is 4.06. The van der Waals surface area contributed by atoms with Gasteiger partial charge >= 0.3 is 0 Å². The Morgan fingerprint density at radius 3 is 2.50 bits per heavy atom. The maximum Gasteiger partial charge on any atom is 0.269 e. The Hall–Kier alpha value is -2.69. The normalized spacial score (nSPS) is 10.9. The number of aryl methyl sites for hydroxylation is 2. The van der Waals surface area contributed by atoms with Crippen molar-refractivity contribution in [3.05, 3.63) is 57.6 Å². The number of aromatic nitrogens is 2. The van der Waals surface area contributed by atoms with Gasteiger partial charge < -0.3 is 4.98 Å². The summed E-state index contributed by atoms with van der Waals surface area (Å²) in [5, 5.41) is 10.7. The third-order valence-electron chi connectivity index (χ3n) is 3.27. The van der Waals surface area contributed by atoms with Crippen molar-refractivity contribution in [2.45, 2.75) is 13.8 Å². The molecular weight excluding hydrogens is 254 g/mol. The molecule has 0 atom stereocenters. The molecule has 1 aromatic heterocycles. The SMILES string of the molecule is Cc1cc(C)c2nc(-c3ccc([N+](=O)[O-])cc3)[nH]c2c1. The van der Waals surface area contributed by atoms with Gasteiger partial charge in [-0.2, -0.15) is 0 Å². The number of imidazole rings is 1. The molecule has 0 unspecified atom stereocenters. The Morgan fingerprint density at radius 1 is 1.15 bits per heavy atom. The van der Waals surface area contributed by atoms with E-state index in [-0.39, 0.29) is 5.69 Å². The minimum atomic E-state index is -0.407. The summed E-state index contributed by atoms with van der Waals surface area (Å²) in [4.78, 5) is 18.1. The Balaban J connectivity index is 2.10. The summed E-state index contributed by atoms with van der Waals surface area (Å²) in [5.41, 5.74) is 5.12. The first-order chi connectivity index (χ1) is 9.54. The molecule has 0 saturated heterocycles. The van der Waals surface area contributed by atoms with E-state index in [1.807, 2.05) is 19.9 Å². The number of non-ortho nitro benzene ring substituents is 1. The molecule has 2 aromatic carbocycles. The molecule has 0 saturated carbocycles. The number of fused-ring (bicyclic) bond motifs is 1. The highest BCUT2D eigenvalue weighted by Crippen LogP contribution is 2.25. The average Bonchev–Trinajstić information content (AvgIpc) is 2.83. The first kappa shape index (κ1) is 12.3. The number of benzene rings is 2. The van der Waals surface area contributed by atoms with Gasteiger partial charge in [0.1, 0.15) is 5.82 Å². The number of nitrogens with zero attached hydrogens (tertiary/aromatic N) is 2. The standard InChI is InChI=1S/C15H13N3O2/c1-9-7-10(2)14-13(8-9)16-15(17-14)11-3-5-12(6-4-11)18(19)20/h3-8H,1-2H3,(H,16,17). The van der Waals surface area contributed by atoms with Crippen LogP contribution in [-0.2, 0) is 0 Å². The lowest BCUT2D eigenvalue weighted by Gasteiger charge is -1.96. The first-order valence-corrected chi connectivity index (χ1v) is 6.26. The van der Waals surface area contributed by atoms with Gasteiger partial charge in [0.25, 0.3) is 5.69 Å². The maximum absolute atomic E-state index is 10.7. The fourth-order valence-corrected chi connectivity index (χ4v) is 2.35. The lowest BCUT2D eigenvalue weighted by Crippen LogP contribution is -1.87. The highest BCUT2D eigenvalue weighted by molar-refractivity contribution is 5.83. The lowest BCUT2D eigenvalue weighted by atomic mass is 10.1. The zero-order valence-electron chi connectivity index (χ0n) is 11.2. The van der Waals surface area contributed by atoms with Crippen LogP contribution in [0, 0.1) is 24.0 Å². The van der Waals surface area contributed by atoms with Crippen LogP contribution in [0.15, 0.2) is 36.4 Å². The zero-order chi connectivity index (χ0) is 14.3. The molecule has 0 aliphatic rings. The molecule has 0 aliphatic carbocycles. The number of hydrogen-bond acceptors (Lipinski definition) is 3. The molecule has 1 heterocycles. The second-order valence-electron chi connectivity index (χ2n) is 4.87. The van der Waals surface area contributed by atoms with Crippen LogP contribution in [0.4, 0.5) is 5.69 Å². The first-order valence-electron chi connectivity index (χ1n) is 6.26. The second-order valence-corrected chi connectivity index (χ2v) is 4.87. The third kappa shape index (κ3) is 2.03. The van der Waals surface area contributed by atoms with E-state index in [9.17, 15) is 10.1 Å². The number of H-pyrrole nitrogens is 1. The Bertz CT molecular complexity index is 804. The maximum atomic E-state index is 10.7. The minimum Gasteiger partial charge on any atom is -0.338 e. The van der Waals surface area contributed by atoms with Gasteiger partial charge in [0, 0.05) is 17.7 Å². The molecule has 3 aromatic rings. The lowest BCUT2D eigenvalue weighted by molar-refractivity contribution is -0.384. The van der Waals surface area contributed by atoms with Gasteiger partial charge in [0.05, 0.1) is 16.0 Å². The van der Waals surface area contributed by atoms with Crippen LogP contribution in [0.1, 0.15) is 11.1 Å². The number of nitro benzene ring substituents is 1. The smallest absolute Gasteiger partial charge is 0.269 e. The highest BCUT2D eigenvalue weighted by atomic mass is 16.6. The zero-order valence-corrected chi connectivity index (χ0v) is 11.2. The van der Waals surface area contributed by atoms with Gasteiger partial charge in [0.2, 0.25) is 0 Å². The summed E-state index contributed by atoms with van der Waals surface area (Å²) in [5.74, 6) is 0.726. The van der Waals surface area contributed by atoms with Crippen LogP contribution < -0.4 is 0 Å². The van der Waals surface area contributed by atoms with Crippen molar-refractivity contribution in [1.82, 2.24) is 9.97 Å². The van der Waals surface area contributed by atoms with E-state index in [1.54, 1.807) is 12.1 Å². The van der Waals surface area contributed by atoms with Crippen LogP contribution in [0.25, 0.3) is 22.4 Å². The predicted octanol–water partition coefficient (Wildman–Crippen LogP) is 3.75. The molecule has 0 amide bonds. The van der Waals surface area contributed by atoms with E-state index in [4.69, 9.17) is 0 Å². The molecule has 0 fully saturated rings. The minimum absolute atomic E-state index is 0.0805. The molecule has 1 N–H and O–H groups in total. The van der Waals surface area contributed by atoms with Crippen LogP contribution in [0.5, 0.6) is 0 Å². The number of nitrogens with one attached hydrogen (secondary N) is 1. The second kappa shape index (κ2) is 4.45. The molecule has 0 aliphatic heterocycles.